The average Bonchev–Trinajstić information content (AvgIpc) is 2.97. The molecule has 20 heavy (non-hydrogen) atoms. The van der Waals surface area contributed by atoms with Crippen LogP contribution in [0.3, 0.4) is 0 Å². The number of aliphatic carboxylic acids is 1. The number of nitrogens with one attached hydrogen (secondary N) is 1. The van der Waals surface area contributed by atoms with Crippen LogP contribution in [0.15, 0.2) is 0 Å². The maximum Gasteiger partial charge on any atom is 0.307 e. The van der Waals surface area contributed by atoms with Gasteiger partial charge in [0.05, 0.1) is 11.8 Å². The van der Waals surface area contributed by atoms with Crippen LogP contribution in [0.25, 0.3) is 0 Å². The molecule has 0 aromatic rings. The number of carboxylic acid groups (broad SMARTS) is 1. The molecule has 0 aromatic carbocycles. The molecule has 2 N–H and O–H groups in total. The van der Waals surface area contributed by atoms with Crippen LogP contribution in [-0.2, 0) is 14.4 Å². The minimum atomic E-state index is -0.907. The van der Waals surface area contributed by atoms with Gasteiger partial charge in [0.15, 0.2) is 0 Å². The Morgan fingerprint density at radius 3 is 2.50 bits per heavy atom. The molecule has 2 amide bonds. The van der Waals surface area contributed by atoms with Gasteiger partial charge in [-0.3, -0.25) is 14.4 Å². The lowest BCUT2D eigenvalue weighted by Crippen LogP contribution is -2.44. The van der Waals surface area contributed by atoms with Crippen molar-refractivity contribution < 1.29 is 19.5 Å². The summed E-state index contributed by atoms with van der Waals surface area (Å²) in [6.45, 7) is 2.65. The van der Waals surface area contributed by atoms with Crippen molar-refractivity contribution in [3.63, 3.8) is 0 Å². The van der Waals surface area contributed by atoms with Crippen LogP contribution < -0.4 is 5.32 Å². The third-order valence-electron chi connectivity index (χ3n) is 4.64. The lowest BCUT2D eigenvalue weighted by molar-refractivity contribution is -0.146. The second-order valence-corrected chi connectivity index (χ2v) is 5.91. The second kappa shape index (κ2) is 5.81. The highest BCUT2D eigenvalue weighted by atomic mass is 16.4. The minimum Gasteiger partial charge on any atom is -0.481 e. The second-order valence-electron chi connectivity index (χ2n) is 5.91. The van der Waals surface area contributed by atoms with Crippen molar-refractivity contribution in [2.75, 3.05) is 13.6 Å². The van der Waals surface area contributed by atoms with Crippen LogP contribution >= 0.6 is 0 Å². The number of likely N-dealkylation sites (tertiary alicyclic amines) is 1. The topological polar surface area (TPSA) is 86.7 Å². The van der Waals surface area contributed by atoms with Gasteiger partial charge in [-0.2, -0.15) is 0 Å². The molecule has 0 radical (unpaired) electrons. The van der Waals surface area contributed by atoms with Crippen LogP contribution in [0.5, 0.6) is 0 Å². The summed E-state index contributed by atoms with van der Waals surface area (Å²) in [5.41, 5.74) is 0. The van der Waals surface area contributed by atoms with E-state index in [4.69, 9.17) is 0 Å². The Bertz CT molecular complexity index is 423. The molecule has 2 fully saturated rings. The number of carbonyl (C=O) groups excluding carboxylic acids is 2. The van der Waals surface area contributed by atoms with Crippen molar-refractivity contribution >= 4 is 17.8 Å². The van der Waals surface area contributed by atoms with E-state index >= 15 is 0 Å². The molecule has 4 atom stereocenters. The fraction of sp³-hybridized carbons (Fsp3) is 0.786. The Balaban J connectivity index is 2.00. The van der Waals surface area contributed by atoms with Gasteiger partial charge in [0, 0.05) is 13.6 Å². The molecule has 6 nitrogen and oxygen atoms in total. The maximum absolute atomic E-state index is 12.3. The lowest BCUT2D eigenvalue weighted by atomic mass is 9.95. The smallest absolute Gasteiger partial charge is 0.307 e. The first kappa shape index (κ1) is 14.8. The number of amides is 2. The molecule has 2 rings (SSSR count). The standard InChI is InChI=1S/C14H22N2O4/c1-3-8-6-9(10(7-8)14(19)20)12(17)15-11-4-5-16(2)13(11)18/h8-11H,3-7H2,1-2H3,(H,15,17)(H,19,20)/t8?,9-,10+,11?/m0/s1. The van der Waals surface area contributed by atoms with Gasteiger partial charge in [-0.05, 0) is 25.2 Å². The number of rotatable bonds is 4. The van der Waals surface area contributed by atoms with Crippen LogP contribution in [0.1, 0.15) is 32.6 Å². The zero-order valence-corrected chi connectivity index (χ0v) is 12.0. The molecular weight excluding hydrogens is 260 g/mol. The van der Waals surface area contributed by atoms with Crippen LogP contribution in [0, 0.1) is 17.8 Å². The van der Waals surface area contributed by atoms with Gasteiger partial charge in [-0.1, -0.05) is 13.3 Å². The molecule has 1 aliphatic heterocycles. The highest BCUT2D eigenvalue weighted by Gasteiger charge is 2.43. The van der Waals surface area contributed by atoms with Gasteiger partial charge in [-0.25, -0.2) is 0 Å². The summed E-state index contributed by atoms with van der Waals surface area (Å²) in [6, 6.07) is -0.484. The molecule has 0 bridgehead atoms. The molecule has 0 aromatic heterocycles. The van der Waals surface area contributed by atoms with Gasteiger partial charge in [0.25, 0.3) is 0 Å². The average molecular weight is 282 g/mol. The Hall–Kier alpha value is -1.59. The summed E-state index contributed by atoms with van der Waals surface area (Å²) in [5, 5.41) is 12.0. The number of likely N-dealkylation sites (N-methyl/N-ethyl adjacent to an activating group) is 1. The number of hydrogen-bond donors (Lipinski definition) is 2. The number of carboxylic acids is 1. The SMILES string of the molecule is CCC1C[C@H](C(=O)NC2CCN(C)C2=O)[C@H](C(=O)O)C1. The van der Waals surface area contributed by atoms with E-state index in [1.807, 2.05) is 6.92 Å². The fourth-order valence-electron chi connectivity index (χ4n) is 3.27. The molecule has 1 heterocycles. The van der Waals surface area contributed by atoms with E-state index in [0.717, 1.165) is 6.42 Å². The Kier molecular flexibility index (Phi) is 4.30. The van der Waals surface area contributed by atoms with Crippen molar-refractivity contribution in [2.24, 2.45) is 17.8 Å². The molecular formula is C14H22N2O4. The highest BCUT2D eigenvalue weighted by Crippen LogP contribution is 2.38. The lowest BCUT2D eigenvalue weighted by Gasteiger charge is -2.18. The maximum atomic E-state index is 12.3. The third kappa shape index (κ3) is 2.78. The van der Waals surface area contributed by atoms with Crippen LogP contribution in [0.4, 0.5) is 0 Å². The normalized spacial score (nSPS) is 33.5. The van der Waals surface area contributed by atoms with Gasteiger partial charge < -0.3 is 15.3 Å². The van der Waals surface area contributed by atoms with E-state index in [1.165, 1.54) is 0 Å². The zero-order chi connectivity index (χ0) is 14.9. The summed E-state index contributed by atoms with van der Waals surface area (Å²) in [5.74, 6) is -2.10. The predicted octanol–water partition coefficient (Wildman–Crippen LogP) is 0.470. The summed E-state index contributed by atoms with van der Waals surface area (Å²) >= 11 is 0. The van der Waals surface area contributed by atoms with E-state index < -0.39 is 23.8 Å². The number of nitrogens with zero attached hydrogens (tertiary/aromatic N) is 1. The molecule has 1 aliphatic carbocycles. The Labute approximate surface area is 118 Å². The molecule has 112 valence electrons. The van der Waals surface area contributed by atoms with E-state index in [9.17, 15) is 19.5 Å². The van der Waals surface area contributed by atoms with Gasteiger partial charge in [-0.15, -0.1) is 0 Å². The van der Waals surface area contributed by atoms with E-state index in [2.05, 4.69) is 5.32 Å². The van der Waals surface area contributed by atoms with E-state index in [-0.39, 0.29) is 17.7 Å². The quantitative estimate of drug-likeness (QED) is 0.784. The fourth-order valence-corrected chi connectivity index (χ4v) is 3.27. The summed E-state index contributed by atoms with van der Waals surface area (Å²) in [4.78, 5) is 36.9. The Morgan fingerprint density at radius 1 is 1.35 bits per heavy atom. The molecule has 2 aliphatic rings. The Morgan fingerprint density at radius 2 is 2.00 bits per heavy atom. The molecule has 0 spiro atoms. The van der Waals surface area contributed by atoms with Gasteiger partial charge in [0.1, 0.15) is 6.04 Å². The first-order valence-electron chi connectivity index (χ1n) is 7.22. The first-order chi connectivity index (χ1) is 9.43. The van der Waals surface area contributed by atoms with Gasteiger partial charge >= 0.3 is 5.97 Å². The van der Waals surface area contributed by atoms with E-state index in [1.54, 1.807) is 11.9 Å². The van der Waals surface area contributed by atoms with Gasteiger partial charge in [0.2, 0.25) is 11.8 Å². The van der Waals surface area contributed by atoms with Crippen molar-refractivity contribution in [1.82, 2.24) is 10.2 Å². The summed E-state index contributed by atoms with van der Waals surface area (Å²) in [6.07, 6.45) is 2.65. The highest BCUT2D eigenvalue weighted by molar-refractivity contribution is 5.91. The van der Waals surface area contributed by atoms with Crippen molar-refractivity contribution in [3.8, 4) is 0 Å². The predicted molar refractivity (Wildman–Crippen MR) is 71.8 cm³/mol. The summed E-state index contributed by atoms with van der Waals surface area (Å²) < 4.78 is 0. The van der Waals surface area contributed by atoms with Crippen molar-refractivity contribution in [3.05, 3.63) is 0 Å². The molecule has 6 heteroatoms. The van der Waals surface area contributed by atoms with Crippen molar-refractivity contribution in [1.29, 1.82) is 0 Å². The summed E-state index contributed by atoms with van der Waals surface area (Å²) in [7, 11) is 1.71. The molecule has 2 unspecified atom stereocenters. The monoisotopic (exact) mass is 282 g/mol. The van der Waals surface area contributed by atoms with Crippen LogP contribution in [-0.4, -0.2) is 47.4 Å². The largest absolute Gasteiger partial charge is 0.481 e. The van der Waals surface area contributed by atoms with Crippen LogP contribution in [0.2, 0.25) is 0 Å². The molecule has 1 saturated carbocycles. The first-order valence-corrected chi connectivity index (χ1v) is 7.22. The minimum absolute atomic E-state index is 0.0877. The number of hydrogen-bond acceptors (Lipinski definition) is 3. The van der Waals surface area contributed by atoms with E-state index in [0.29, 0.717) is 25.8 Å². The zero-order valence-electron chi connectivity index (χ0n) is 12.0. The third-order valence-corrected chi connectivity index (χ3v) is 4.64. The number of carbonyl (C=O) groups is 3. The molecule has 1 saturated heterocycles. The van der Waals surface area contributed by atoms with Crippen molar-refractivity contribution in [2.45, 2.75) is 38.6 Å².